The Bertz CT molecular complexity index is 317. The lowest BCUT2D eigenvalue weighted by Crippen LogP contribution is -2.48. The summed E-state index contributed by atoms with van der Waals surface area (Å²) in [5.74, 6) is 0. The monoisotopic (exact) mass is 296 g/mol. The van der Waals surface area contributed by atoms with Gasteiger partial charge in [0.25, 0.3) is 0 Å². The zero-order chi connectivity index (χ0) is 15.5. The largest absolute Gasteiger partial charge is 0.389 e. The number of hydrogen-bond donors (Lipinski definition) is 2. The van der Waals surface area contributed by atoms with Gasteiger partial charge in [0.1, 0.15) is 0 Å². The normalized spacial score (nSPS) is 30.3. The van der Waals surface area contributed by atoms with Crippen LogP contribution in [-0.4, -0.2) is 47.3 Å². The number of likely N-dealkylation sites (tertiary alicyclic amines) is 1. The molecule has 0 radical (unpaired) electrons. The summed E-state index contributed by atoms with van der Waals surface area (Å²) in [5.41, 5.74) is -0.0358. The molecular weight excluding hydrogens is 260 g/mol. The van der Waals surface area contributed by atoms with Gasteiger partial charge in [-0.25, -0.2) is 0 Å². The first-order valence-corrected chi connectivity index (χ1v) is 9.00. The van der Waals surface area contributed by atoms with Crippen LogP contribution < -0.4 is 5.32 Å². The van der Waals surface area contributed by atoms with E-state index in [-0.39, 0.29) is 0 Å². The average molecular weight is 296 g/mol. The maximum Gasteiger partial charge on any atom is 0.0772 e. The Balaban J connectivity index is 1.75. The van der Waals surface area contributed by atoms with Crippen molar-refractivity contribution < 1.29 is 5.11 Å². The molecule has 1 unspecified atom stereocenters. The first-order chi connectivity index (χ1) is 9.80. The van der Waals surface area contributed by atoms with E-state index in [0.717, 1.165) is 32.2 Å². The Morgan fingerprint density at radius 3 is 2.38 bits per heavy atom. The topological polar surface area (TPSA) is 35.5 Å². The molecule has 3 heteroatoms. The summed E-state index contributed by atoms with van der Waals surface area (Å²) < 4.78 is 0. The van der Waals surface area contributed by atoms with Crippen molar-refractivity contribution in [2.75, 3.05) is 19.6 Å². The summed E-state index contributed by atoms with van der Waals surface area (Å²) in [6.45, 7) is 12.4. The van der Waals surface area contributed by atoms with E-state index < -0.39 is 5.60 Å². The summed E-state index contributed by atoms with van der Waals surface area (Å²) in [7, 11) is 0. The zero-order valence-electron chi connectivity index (χ0n) is 14.6. The molecular formula is C18H36N2O. The minimum atomic E-state index is -0.459. The fourth-order valence-electron chi connectivity index (χ4n) is 3.74. The van der Waals surface area contributed by atoms with E-state index in [1.165, 1.54) is 32.4 Å². The molecule has 0 spiro atoms. The van der Waals surface area contributed by atoms with Crippen molar-refractivity contribution in [3.63, 3.8) is 0 Å². The number of aliphatic hydroxyl groups is 1. The van der Waals surface area contributed by atoms with E-state index >= 15 is 0 Å². The van der Waals surface area contributed by atoms with Crippen molar-refractivity contribution in [2.24, 2.45) is 5.41 Å². The molecule has 1 aliphatic heterocycles. The summed E-state index contributed by atoms with van der Waals surface area (Å²) in [6.07, 6.45) is 7.97. The van der Waals surface area contributed by atoms with Crippen LogP contribution in [0, 0.1) is 5.41 Å². The number of rotatable bonds is 4. The van der Waals surface area contributed by atoms with Gasteiger partial charge in [-0.05, 0) is 77.3 Å². The molecule has 3 nitrogen and oxygen atoms in total. The first kappa shape index (κ1) is 17.2. The summed E-state index contributed by atoms with van der Waals surface area (Å²) >= 11 is 0. The third-order valence-corrected chi connectivity index (χ3v) is 5.75. The Morgan fingerprint density at radius 2 is 1.76 bits per heavy atom. The zero-order valence-corrected chi connectivity index (χ0v) is 14.6. The quantitative estimate of drug-likeness (QED) is 0.836. The second-order valence-electron chi connectivity index (χ2n) is 8.53. The van der Waals surface area contributed by atoms with E-state index in [1.807, 2.05) is 0 Å². The number of nitrogens with zero attached hydrogens (tertiary/aromatic N) is 1. The van der Waals surface area contributed by atoms with Gasteiger partial charge in [-0.1, -0.05) is 13.8 Å². The van der Waals surface area contributed by atoms with Crippen LogP contribution in [0.2, 0.25) is 0 Å². The van der Waals surface area contributed by atoms with Gasteiger partial charge in [0.2, 0.25) is 0 Å². The predicted molar refractivity (Wildman–Crippen MR) is 89.5 cm³/mol. The molecule has 0 aromatic rings. The highest BCUT2D eigenvalue weighted by Crippen LogP contribution is 2.39. The second kappa shape index (κ2) is 6.97. The molecule has 0 aromatic heterocycles. The highest BCUT2D eigenvalue weighted by Gasteiger charge is 2.36. The van der Waals surface area contributed by atoms with Gasteiger partial charge in [0.15, 0.2) is 0 Å². The van der Waals surface area contributed by atoms with Crippen LogP contribution in [-0.2, 0) is 0 Å². The lowest BCUT2D eigenvalue weighted by atomic mass is 9.71. The van der Waals surface area contributed by atoms with Gasteiger partial charge in [0, 0.05) is 18.6 Å². The SMILES string of the molecule is CC(C)N1CCCC(NCC2(O)CCC(C)(C)CC2)CC1. The van der Waals surface area contributed by atoms with E-state index in [4.69, 9.17) is 0 Å². The third kappa shape index (κ3) is 5.22. The molecule has 2 aliphatic rings. The molecule has 1 heterocycles. The fraction of sp³-hybridized carbons (Fsp3) is 1.00. The summed E-state index contributed by atoms with van der Waals surface area (Å²) in [5, 5.41) is 14.5. The van der Waals surface area contributed by atoms with Crippen molar-refractivity contribution >= 4 is 0 Å². The molecule has 124 valence electrons. The standard InChI is InChI=1S/C18H36N2O/c1-15(2)20-12-5-6-16(7-13-20)19-14-18(21)10-8-17(3,4)9-11-18/h15-16,19,21H,5-14H2,1-4H3. The predicted octanol–water partition coefficient (Wildman–Crippen LogP) is 3.17. The lowest BCUT2D eigenvalue weighted by Gasteiger charge is -2.41. The number of nitrogens with one attached hydrogen (secondary N) is 1. The second-order valence-corrected chi connectivity index (χ2v) is 8.53. The molecule has 1 aliphatic carbocycles. The molecule has 1 atom stereocenters. The third-order valence-electron chi connectivity index (χ3n) is 5.75. The van der Waals surface area contributed by atoms with Gasteiger partial charge >= 0.3 is 0 Å². The van der Waals surface area contributed by atoms with E-state index in [1.54, 1.807) is 0 Å². The molecule has 1 saturated heterocycles. The Morgan fingerprint density at radius 1 is 1.10 bits per heavy atom. The van der Waals surface area contributed by atoms with Gasteiger partial charge in [0.05, 0.1) is 5.60 Å². The van der Waals surface area contributed by atoms with Crippen LogP contribution in [0.3, 0.4) is 0 Å². The van der Waals surface area contributed by atoms with Crippen molar-refractivity contribution in [2.45, 2.75) is 90.3 Å². The van der Waals surface area contributed by atoms with E-state index in [2.05, 4.69) is 37.9 Å². The van der Waals surface area contributed by atoms with Crippen LogP contribution in [0.25, 0.3) is 0 Å². The molecule has 2 rings (SSSR count). The molecule has 0 bridgehead atoms. The van der Waals surface area contributed by atoms with Gasteiger partial charge in [-0.15, -0.1) is 0 Å². The van der Waals surface area contributed by atoms with Crippen LogP contribution in [0.4, 0.5) is 0 Å². The minimum Gasteiger partial charge on any atom is -0.389 e. The van der Waals surface area contributed by atoms with Crippen molar-refractivity contribution in [1.82, 2.24) is 10.2 Å². The van der Waals surface area contributed by atoms with Crippen LogP contribution >= 0.6 is 0 Å². The van der Waals surface area contributed by atoms with E-state index in [9.17, 15) is 5.11 Å². The molecule has 21 heavy (non-hydrogen) atoms. The molecule has 2 fully saturated rings. The molecule has 0 aromatic carbocycles. The molecule has 1 saturated carbocycles. The maximum atomic E-state index is 10.8. The van der Waals surface area contributed by atoms with Crippen molar-refractivity contribution in [3.8, 4) is 0 Å². The molecule has 0 amide bonds. The minimum absolute atomic E-state index is 0.423. The van der Waals surface area contributed by atoms with Crippen LogP contribution in [0.1, 0.15) is 72.6 Å². The summed E-state index contributed by atoms with van der Waals surface area (Å²) in [4.78, 5) is 2.58. The lowest BCUT2D eigenvalue weighted by molar-refractivity contribution is -0.0263. The van der Waals surface area contributed by atoms with E-state index in [0.29, 0.717) is 17.5 Å². The van der Waals surface area contributed by atoms with Crippen LogP contribution in [0.5, 0.6) is 0 Å². The van der Waals surface area contributed by atoms with Gasteiger partial charge in [-0.2, -0.15) is 0 Å². The maximum absolute atomic E-state index is 10.8. The Kier molecular flexibility index (Phi) is 5.72. The van der Waals surface area contributed by atoms with Crippen molar-refractivity contribution in [1.29, 1.82) is 0 Å². The first-order valence-electron chi connectivity index (χ1n) is 9.00. The summed E-state index contributed by atoms with van der Waals surface area (Å²) in [6, 6.07) is 1.25. The Labute approximate surface area is 131 Å². The average Bonchev–Trinajstić information content (AvgIpc) is 2.66. The van der Waals surface area contributed by atoms with Crippen LogP contribution in [0.15, 0.2) is 0 Å². The van der Waals surface area contributed by atoms with Gasteiger partial charge in [-0.3, -0.25) is 0 Å². The van der Waals surface area contributed by atoms with Gasteiger partial charge < -0.3 is 15.3 Å². The molecule has 2 N–H and O–H groups in total. The highest BCUT2D eigenvalue weighted by molar-refractivity contribution is 4.91. The smallest absolute Gasteiger partial charge is 0.0772 e. The Hall–Kier alpha value is -0.120. The number of hydrogen-bond acceptors (Lipinski definition) is 3. The fourth-order valence-corrected chi connectivity index (χ4v) is 3.74. The van der Waals surface area contributed by atoms with Crippen molar-refractivity contribution in [3.05, 3.63) is 0 Å². The highest BCUT2D eigenvalue weighted by atomic mass is 16.3.